The fraction of sp³-hybridized carbons (Fsp3) is 0.286. The molecular formula is C14H18N4O. The molecule has 0 unspecified atom stereocenters. The van der Waals surface area contributed by atoms with Gasteiger partial charge in [-0.3, -0.25) is 4.79 Å². The van der Waals surface area contributed by atoms with Gasteiger partial charge in [-0.05, 0) is 25.1 Å². The van der Waals surface area contributed by atoms with Gasteiger partial charge in [-0.2, -0.15) is 0 Å². The second-order valence-corrected chi connectivity index (χ2v) is 4.36. The highest BCUT2D eigenvalue weighted by Gasteiger charge is 1.99. The molecule has 0 radical (unpaired) electrons. The van der Waals surface area contributed by atoms with E-state index in [-0.39, 0.29) is 5.91 Å². The minimum atomic E-state index is -0.0637. The molecule has 0 saturated carbocycles. The van der Waals surface area contributed by atoms with E-state index in [1.807, 2.05) is 37.4 Å². The van der Waals surface area contributed by atoms with Crippen molar-refractivity contribution in [1.82, 2.24) is 9.55 Å². The number of carbonyl (C=O) groups excluding carboxylic acids is 1. The summed E-state index contributed by atoms with van der Waals surface area (Å²) in [5, 5.41) is 6.09. The molecule has 100 valence electrons. The van der Waals surface area contributed by atoms with Gasteiger partial charge < -0.3 is 15.2 Å². The fourth-order valence-electron chi connectivity index (χ4n) is 1.87. The van der Waals surface area contributed by atoms with Crippen molar-refractivity contribution in [3.63, 3.8) is 0 Å². The zero-order valence-electron chi connectivity index (χ0n) is 11.2. The number of nitrogens with zero attached hydrogens (tertiary/aromatic N) is 2. The summed E-state index contributed by atoms with van der Waals surface area (Å²) in [7, 11) is 0. The zero-order valence-corrected chi connectivity index (χ0v) is 11.2. The molecule has 0 aliphatic rings. The first-order chi connectivity index (χ1) is 9.15. The van der Waals surface area contributed by atoms with Gasteiger partial charge in [-0.1, -0.05) is 6.07 Å². The highest BCUT2D eigenvalue weighted by Crippen LogP contribution is 2.14. The van der Waals surface area contributed by atoms with E-state index in [9.17, 15) is 4.79 Å². The molecule has 0 atom stereocenters. The second-order valence-electron chi connectivity index (χ2n) is 4.36. The Balaban J connectivity index is 1.89. The standard InChI is InChI=1S/C14H18N4O/c1-11-15-6-8-18(11)9-7-16-13-4-3-5-14(10-13)17-12(2)19/h3-6,8,10,16H,7,9H2,1-2H3,(H,17,19). The van der Waals surface area contributed by atoms with Gasteiger partial charge in [0.1, 0.15) is 5.82 Å². The molecule has 5 nitrogen and oxygen atoms in total. The highest BCUT2D eigenvalue weighted by atomic mass is 16.1. The number of aryl methyl sites for hydroxylation is 1. The van der Waals surface area contributed by atoms with Gasteiger partial charge in [0.05, 0.1) is 0 Å². The maximum Gasteiger partial charge on any atom is 0.221 e. The van der Waals surface area contributed by atoms with E-state index >= 15 is 0 Å². The Morgan fingerprint density at radius 3 is 2.84 bits per heavy atom. The average Bonchev–Trinajstić information content (AvgIpc) is 2.75. The molecule has 2 rings (SSSR count). The van der Waals surface area contributed by atoms with E-state index in [4.69, 9.17) is 0 Å². The minimum Gasteiger partial charge on any atom is -0.383 e. The summed E-state index contributed by atoms with van der Waals surface area (Å²) < 4.78 is 2.09. The van der Waals surface area contributed by atoms with Gasteiger partial charge in [0.15, 0.2) is 0 Å². The Morgan fingerprint density at radius 1 is 1.37 bits per heavy atom. The number of carbonyl (C=O) groups is 1. The van der Waals surface area contributed by atoms with E-state index in [0.717, 1.165) is 30.3 Å². The monoisotopic (exact) mass is 258 g/mol. The molecule has 1 aromatic heterocycles. The van der Waals surface area contributed by atoms with Gasteiger partial charge in [-0.25, -0.2) is 4.98 Å². The summed E-state index contributed by atoms with van der Waals surface area (Å²) in [5.74, 6) is 0.944. The molecule has 5 heteroatoms. The van der Waals surface area contributed by atoms with Crippen molar-refractivity contribution >= 4 is 17.3 Å². The summed E-state index contributed by atoms with van der Waals surface area (Å²) in [6.07, 6.45) is 3.76. The van der Waals surface area contributed by atoms with Gasteiger partial charge in [0.25, 0.3) is 0 Å². The predicted octanol–water partition coefficient (Wildman–Crippen LogP) is 2.26. The van der Waals surface area contributed by atoms with Crippen molar-refractivity contribution in [1.29, 1.82) is 0 Å². The molecule has 0 fully saturated rings. The van der Waals surface area contributed by atoms with Crippen molar-refractivity contribution in [2.75, 3.05) is 17.2 Å². The fourth-order valence-corrected chi connectivity index (χ4v) is 1.87. The van der Waals surface area contributed by atoms with Crippen LogP contribution in [-0.2, 0) is 11.3 Å². The highest BCUT2D eigenvalue weighted by molar-refractivity contribution is 5.89. The largest absolute Gasteiger partial charge is 0.383 e. The van der Waals surface area contributed by atoms with E-state index in [1.165, 1.54) is 6.92 Å². The number of aromatic nitrogens is 2. The first kappa shape index (κ1) is 13.1. The number of hydrogen-bond donors (Lipinski definition) is 2. The van der Waals surface area contributed by atoms with Crippen molar-refractivity contribution in [3.8, 4) is 0 Å². The van der Waals surface area contributed by atoms with E-state index in [0.29, 0.717) is 0 Å². The molecule has 2 aromatic rings. The molecule has 1 heterocycles. The molecule has 0 aliphatic heterocycles. The Labute approximate surface area is 112 Å². The van der Waals surface area contributed by atoms with Gasteiger partial charge in [-0.15, -0.1) is 0 Å². The van der Waals surface area contributed by atoms with Crippen LogP contribution >= 0.6 is 0 Å². The summed E-state index contributed by atoms with van der Waals surface area (Å²) in [6, 6.07) is 7.68. The van der Waals surface area contributed by atoms with Gasteiger partial charge >= 0.3 is 0 Å². The molecule has 2 N–H and O–H groups in total. The van der Waals surface area contributed by atoms with E-state index in [1.54, 1.807) is 6.20 Å². The number of amides is 1. The lowest BCUT2D eigenvalue weighted by Crippen LogP contribution is -2.11. The Kier molecular flexibility index (Phi) is 4.18. The van der Waals surface area contributed by atoms with Crippen LogP contribution in [0.15, 0.2) is 36.7 Å². The number of nitrogens with one attached hydrogen (secondary N) is 2. The quantitative estimate of drug-likeness (QED) is 0.865. The second kappa shape index (κ2) is 6.04. The van der Waals surface area contributed by atoms with Crippen molar-refractivity contribution < 1.29 is 4.79 Å². The van der Waals surface area contributed by atoms with Crippen LogP contribution in [0.5, 0.6) is 0 Å². The molecule has 0 bridgehead atoms. The summed E-state index contributed by atoms with van der Waals surface area (Å²) in [4.78, 5) is 15.2. The molecule has 0 spiro atoms. The maximum absolute atomic E-state index is 11.0. The third-order valence-electron chi connectivity index (χ3n) is 2.79. The average molecular weight is 258 g/mol. The number of benzene rings is 1. The van der Waals surface area contributed by atoms with Crippen LogP contribution in [0.1, 0.15) is 12.7 Å². The maximum atomic E-state index is 11.0. The summed E-state index contributed by atoms with van der Waals surface area (Å²) in [6.45, 7) is 5.15. The lowest BCUT2D eigenvalue weighted by Gasteiger charge is -2.10. The van der Waals surface area contributed by atoms with Crippen LogP contribution < -0.4 is 10.6 Å². The first-order valence-corrected chi connectivity index (χ1v) is 6.24. The van der Waals surface area contributed by atoms with E-state index in [2.05, 4.69) is 20.2 Å². The Morgan fingerprint density at radius 2 is 2.16 bits per heavy atom. The molecule has 1 amide bonds. The normalized spacial score (nSPS) is 10.2. The third-order valence-corrected chi connectivity index (χ3v) is 2.79. The Hall–Kier alpha value is -2.30. The number of imidazole rings is 1. The van der Waals surface area contributed by atoms with Crippen molar-refractivity contribution in [2.45, 2.75) is 20.4 Å². The molecule has 0 aliphatic carbocycles. The minimum absolute atomic E-state index is 0.0637. The topological polar surface area (TPSA) is 59.0 Å². The summed E-state index contributed by atoms with van der Waals surface area (Å²) in [5.41, 5.74) is 1.79. The SMILES string of the molecule is CC(=O)Nc1cccc(NCCn2ccnc2C)c1. The van der Waals surface area contributed by atoms with Crippen LogP contribution in [0.3, 0.4) is 0 Å². The number of rotatable bonds is 5. The van der Waals surface area contributed by atoms with Crippen LogP contribution in [0.25, 0.3) is 0 Å². The molecule has 0 saturated heterocycles. The molecule has 19 heavy (non-hydrogen) atoms. The number of anilines is 2. The summed E-state index contributed by atoms with van der Waals surface area (Å²) >= 11 is 0. The molecular weight excluding hydrogens is 240 g/mol. The smallest absolute Gasteiger partial charge is 0.221 e. The lowest BCUT2D eigenvalue weighted by molar-refractivity contribution is -0.114. The van der Waals surface area contributed by atoms with Gasteiger partial charge in [0, 0.05) is 43.8 Å². The van der Waals surface area contributed by atoms with Crippen LogP contribution in [0.4, 0.5) is 11.4 Å². The zero-order chi connectivity index (χ0) is 13.7. The lowest BCUT2D eigenvalue weighted by atomic mass is 10.2. The Bertz CT molecular complexity index is 562. The van der Waals surface area contributed by atoms with Gasteiger partial charge in [0.2, 0.25) is 5.91 Å². The van der Waals surface area contributed by atoms with Crippen LogP contribution in [-0.4, -0.2) is 22.0 Å². The van der Waals surface area contributed by atoms with Crippen molar-refractivity contribution in [2.24, 2.45) is 0 Å². The van der Waals surface area contributed by atoms with E-state index < -0.39 is 0 Å². The molecule has 1 aromatic carbocycles. The van der Waals surface area contributed by atoms with Crippen LogP contribution in [0.2, 0.25) is 0 Å². The van der Waals surface area contributed by atoms with Crippen LogP contribution in [0, 0.1) is 6.92 Å². The first-order valence-electron chi connectivity index (χ1n) is 6.24. The number of hydrogen-bond acceptors (Lipinski definition) is 3. The third kappa shape index (κ3) is 3.84. The predicted molar refractivity (Wildman–Crippen MR) is 76.2 cm³/mol. The van der Waals surface area contributed by atoms with Crippen molar-refractivity contribution in [3.05, 3.63) is 42.5 Å².